The Morgan fingerprint density at radius 1 is 0.370 bits per heavy atom. The van der Waals surface area contributed by atoms with Crippen LogP contribution in [0, 0.1) is 0 Å². The third kappa shape index (κ3) is 10.4. The van der Waals surface area contributed by atoms with Crippen LogP contribution in [0.5, 0.6) is 0 Å². The summed E-state index contributed by atoms with van der Waals surface area (Å²) in [5, 5.41) is 0. The fourth-order valence-electron chi connectivity index (χ4n) is 6.24. The quantitative estimate of drug-likeness (QED) is 0.110. The van der Waals surface area contributed by atoms with Crippen molar-refractivity contribution in [3.63, 3.8) is 0 Å². The van der Waals surface area contributed by atoms with Crippen LogP contribution in [0.2, 0.25) is 0 Å². The SMILES string of the molecule is CCCCN(CCCC)c1ccc(N(c2ccc(N(c3ccc(N(CCCC)CCCC)cc3)C(C)CC)cc2)C(C)CC)cc1. The molecule has 254 valence electrons. The minimum Gasteiger partial charge on any atom is -0.372 e. The van der Waals surface area contributed by atoms with Crippen LogP contribution < -0.4 is 19.6 Å². The van der Waals surface area contributed by atoms with Crippen LogP contribution in [0.1, 0.15) is 120 Å². The molecule has 4 nitrogen and oxygen atoms in total. The fourth-order valence-corrected chi connectivity index (χ4v) is 6.24. The fraction of sp³-hybridized carbons (Fsp3) is 0.571. The molecule has 0 saturated heterocycles. The Labute approximate surface area is 283 Å². The molecule has 2 unspecified atom stereocenters. The first-order valence-electron chi connectivity index (χ1n) is 18.8. The van der Waals surface area contributed by atoms with E-state index in [0.717, 1.165) is 39.0 Å². The maximum atomic E-state index is 2.57. The number of hydrogen-bond donors (Lipinski definition) is 0. The number of unbranched alkanes of at least 4 members (excludes halogenated alkanes) is 4. The maximum absolute atomic E-state index is 2.57. The Hall–Kier alpha value is -3.14. The molecule has 0 spiro atoms. The maximum Gasteiger partial charge on any atom is 0.0414 e. The van der Waals surface area contributed by atoms with Gasteiger partial charge in [0.15, 0.2) is 0 Å². The zero-order valence-electron chi connectivity index (χ0n) is 30.8. The molecule has 0 saturated carbocycles. The molecular formula is C42H66N4. The third-order valence-electron chi connectivity index (χ3n) is 9.58. The van der Waals surface area contributed by atoms with Crippen molar-refractivity contribution in [3.05, 3.63) is 72.8 Å². The topological polar surface area (TPSA) is 13.0 Å². The van der Waals surface area contributed by atoms with Crippen molar-refractivity contribution >= 4 is 34.1 Å². The summed E-state index contributed by atoms with van der Waals surface area (Å²) in [5.41, 5.74) is 7.73. The van der Waals surface area contributed by atoms with Gasteiger partial charge in [0.25, 0.3) is 0 Å². The van der Waals surface area contributed by atoms with Crippen LogP contribution in [-0.4, -0.2) is 38.3 Å². The second-order valence-electron chi connectivity index (χ2n) is 13.2. The van der Waals surface area contributed by atoms with E-state index in [1.54, 1.807) is 0 Å². The highest BCUT2D eigenvalue weighted by atomic mass is 15.2. The summed E-state index contributed by atoms with van der Waals surface area (Å²) in [7, 11) is 0. The van der Waals surface area contributed by atoms with Gasteiger partial charge in [-0.3, -0.25) is 0 Å². The van der Waals surface area contributed by atoms with Crippen LogP contribution >= 0.6 is 0 Å². The summed E-state index contributed by atoms with van der Waals surface area (Å²) in [4.78, 5) is 10.2. The molecule has 0 amide bonds. The number of hydrogen-bond acceptors (Lipinski definition) is 4. The van der Waals surface area contributed by atoms with Crippen LogP contribution in [0.4, 0.5) is 34.1 Å². The first kappa shape index (κ1) is 37.3. The van der Waals surface area contributed by atoms with Gasteiger partial charge in [0.05, 0.1) is 0 Å². The van der Waals surface area contributed by atoms with Crippen LogP contribution in [0.15, 0.2) is 72.8 Å². The summed E-state index contributed by atoms with van der Waals surface area (Å²) < 4.78 is 0. The van der Waals surface area contributed by atoms with Gasteiger partial charge in [0.2, 0.25) is 0 Å². The Balaban J connectivity index is 1.88. The minimum absolute atomic E-state index is 0.398. The van der Waals surface area contributed by atoms with Crippen LogP contribution in [-0.2, 0) is 0 Å². The van der Waals surface area contributed by atoms with E-state index in [4.69, 9.17) is 0 Å². The van der Waals surface area contributed by atoms with Crippen molar-refractivity contribution in [1.29, 1.82) is 0 Å². The summed E-state index contributed by atoms with van der Waals surface area (Å²) in [6.07, 6.45) is 12.1. The van der Waals surface area contributed by atoms with E-state index in [0.29, 0.717) is 12.1 Å². The first-order chi connectivity index (χ1) is 22.4. The molecule has 46 heavy (non-hydrogen) atoms. The summed E-state index contributed by atoms with van der Waals surface area (Å²) in [6, 6.07) is 28.8. The summed E-state index contributed by atoms with van der Waals surface area (Å²) >= 11 is 0. The molecule has 0 aliphatic heterocycles. The van der Waals surface area contributed by atoms with Gasteiger partial charge < -0.3 is 19.6 Å². The van der Waals surface area contributed by atoms with Crippen molar-refractivity contribution < 1.29 is 0 Å². The standard InChI is InChI=1S/C42H66N4/c1-9-15-31-43(32-16-10-2)37-19-23-39(24-20-37)45(35(7)13-5)41-27-29-42(30-28-41)46(36(8)14-6)40-25-21-38(22-26-40)44(33-17-11-3)34-18-12-4/h19-30,35-36H,9-18,31-34H2,1-8H3. The Kier molecular flexibility index (Phi) is 16.4. The van der Waals surface area contributed by atoms with E-state index in [9.17, 15) is 0 Å². The Morgan fingerprint density at radius 3 is 0.783 bits per heavy atom. The molecule has 0 radical (unpaired) electrons. The lowest BCUT2D eigenvalue weighted by Crippen LogP contribution is -2.29. The molecule has 0 bridgehead atoms. The molecule has 0 heterocycles. The van der Waals surface area contributed by atoms with Crippen LogP contribution in [0.3, 0.4) is 0 Å². The molecule has 0 aromatic heterocycles. The Morgan fingerprint density at radius 2 is 0.587 bits per heavy atom. The number of nitrogens with zero attached hydrogens (tertiary/aromatic N) is 4. The van der Waals surface area contributed by atoms with Gasteiger partial charge in [0.1, 0.15) is 0 Å². The second-order valence-corrected chi connectivity index (χ2v) is 13.2. The Bertz CT molecular complexity index is 1090. The summed E-state index contributed by atoms with van der Waals surface area (Å²) in [6.45, 7) is 22.9. The molecule has 2 atom stereocenters. The van der Waals surface area contributed by atoms with Crippen molar-refractivity contribution in [2.75, 3.05) is 45.8 Å². The van der Waals surface area contributed by atoms with Gasteiger partial charge in [-0.1, -0.05) is 67.2 Å². The highest BCUT2D eigenvalue weighted by Crippen LogP contribution is 2.35. The smallest absolute Gasteiger partial charge is 0.0414 e. The lowest BCUT2D eigenvalue weighted by molar-refractivity contribution is 0.676. The molecular weight excluding hydrogens is 560 g/mol. The lowest BCUT2D eigenvalue weighted by atomic mass is 10.1. The molecule has 0 fully saturated rings. The average Bonchev–Trinajstić information content (AvgIpc) is 3.10. The zero-order valence-corrected chi connectivity index (χ0v) is 30.8. The van der Waals surface area contributed by atoms with E-state index < -0.39 is 0 Å². The van der Waals surface area contributed by atoms with Gasteiger partial charge in [0, 0.05) is 72.4 Å². The van der Waals surface area contributed by atoms with Crippen molar-refractivity contribution in [1.82, 2.24) is 0 Å². The normalized spacial score (nSPS) is 12.5. The van der Waals surface area contributed by atoms with Gasteiger partial charge in [-0.25, -0.2) is 0 Å². The van der Waals surface area contributed by atoms with Gasteiger partial charge in [-0.05, 0) is 125 Å². The predicted molar refractivity (Wildman–Crippen MR) is 207 cm³/mol. The number of rotatable bonds is 22. The number of benzene rings is 3. The molecule has 3 rings (SSSR count). The second kappa shape index (κ2) is 20.2. The molecule has 0 aliphatic carbocycles. The molecule has 3 aromatic rings. The van der Waals surface area contributed by atoms with E-state index >= 15 is 0 Å². The zero-order chi connectivity index (χ0) is 33.3. The van der Waals surface area contributed by atoms with Crippen molar-refractivity contribution in [2.45, 2.75) is 132 Å². The lowest BCUT2D eigenvalue weighted by Gasteiger charge is -2.34. The van der Waals surface area contributed by atoms with E-state index in [2.05, 4.69) is 148 Å². The van der Waals surface area contributed by atoms with E-state index in [1.165, 1.54) is 85.5 Å². The minimum atomic E-state index is 0.398. The van der Waals surface area contributed by atoms with E-state index in [1.807, 2.05) is 0 Å². The van der Waals surface area contributed by atoms with Crippen molar-refractivity contribution in [3.8, 4) is 0 Å². The van der Waals surface area contributed by atoms with Crippen LogP contribution in [0.25, 0.3) is 0 Å². The van der Waals surface area contributed by atoms with E-state index in [-0.39, 0.29) is 0 Å². The van der Waals surface area contributed by atoms with Gasteiger partial charge >= 0.3 is 0 Å². The highest BCUT2D eigenvalue weighted by Gasteiger charge is 2.20. The molecule has 0 N–H and O–H groups in total. The third-order valence-corrected chi connectivity index (χ3v) is 9.58. The van der Waals surface area contributed by atoms with Gasteiger partial charge in [-0.15, -0.1) is 0 Å². The number of anilines is 6. The molecule has 3 aromatic carbocycles. The predicted octanol–water partition coefficient (Wildman–Crippen LogP) is 12.4. The molecule has 0 aliphatic rings. The first-order valence-corrected chi connectivity index (χ1v) is 18.8. The largest absolute Gasteiger partial charge is 0.372 e. The molecule has 4 heteroatoms. The highest BCUT2D eigenvalue weighted by molar-refractivity contribution is 5.72. The summed E-state index contributed by atoms with van der Waals surface area (Å²) in [5.74, 6) is 0. The monoisotopic (exact) mass is 627 g/mol. The van der Waals surface area contributed by atoms with Crippen molar-refractivity contribution in [2.24, 2.45) is 0 Å². The van der Waals surface area contributed by atoms with Gasteiger partial charge in [-0.2, -0.15) is 0 Å². The average molecular weight is 627 g/mol.